The molecule has 1 saturated carbocycles. The van der Waals surface area contributed by atoms with Crippen molar-refractivity contribution in [1.29, 1.82) is 0 Å². The number of nitro benzene ring substituents is 1. The highest BCUT2D eigenvalue weighted by molar-refractivity contribution is 7.92. The molecule has 0 aromatic heterocycles. The summed E-state index contributed by atoms with van der Waals surface area (Å²) >= 11 is 13.2. The van der Waals surface area contributed by atoms with Crippen molar-refractivity contribution in [2.45, 2.75) is 62.6 Å². The number of hydrogen-bond acceptors (Lipinski definition) is 7. The fraction of sp³-hybridized carbons (Fsp3) is 0.297. The van der Waals surface area contributed by atoms with E-state index in [2.05, 4.69) is 5.32 Å². The second-order valence-corrected chi connectivity index (χ2v) is 15.0. The van der Waals surface area contributed by atoms with Crippen molar-refractivity contribution < 1.29 is 27.7 Å². The van der Waals surface area contributed by atoms with Gasteiger partial charge in [0.1, 0.15) is 18.3 Å². The van der Waals surface area contributed by atoms with Gasteiger partial charge in [0.05, 0.1) is 22.6 Å². The summed E-state index contributed by atoms with van der Waals surface area (Å²) < 4.78 is 34.9. The van der Waals surface area contributed by atoms with E-state index < -0.39 is 45.0 Å². The van der Waals surface area contributed by atoms with Crippen molar-refractivity contribution in [3.8, 4) is 5.75 Å². The molecule has 268 valence electrons. The van der Waals surface area contributed by atoms with Gasteiger partial charge in [-0.3, -0.25) is 24.0 Å². The van der Waals surface area contributed by atoms with Crippen LogP contribution in [0.15, 0.2) is 95.9 Å². The first-order chi connectivity index (χ1) is 24.4. The van der Waals surface area contributed by atoms with Crippen LogP contribution in [0.2, 0.25) is 10.0 Å². The molecule has 2 amide bonds. The quantitative estimate of drug-likeness (QED) is 0.107. The maximum atomic E-state index is 14.8. The van der Waals surface area contributed by atoms with Gasteiger partial charge in [-0.2, -0.15) is 0 Å². The number of anilines is 1. The number of nitro groups is 1. The van der Waals surface area contributed by atoms with Crippen LogP contribution < -0.4 is 14.4 Å². The minimum atomic E-state index is -4.60. The zero-order valence-corrected chi connectivity index (χ0v) is 30.5. The largest absolute Gasteiger partial charge is 0.497 e. The molecule has 0 spiro atoms. The number of methoxy groups -OCH3 is 1. The number of aryl methyl sites for hydroxylation is 1. The van der Waals surface area contributed by atoms with E-state index in [1.807, 2.05) is 30.3 Å². The van der Waals surface area contributed by atoms with Gasteiger partial charge in [-0.05, 0) is 67.8 Å². The van der Waals surface area contributed by atoms with Gasteiger partial charge in [0.25, 0.3) is 15.7 Å². The SMILES string of the molecule is COc1ccc(N(CC(=O)N(Cc2c(Cl)cccc2Cl)[C@@H](Cc2ccccc2)C(=O)NC2CCCC2)S(=O)(=O)c2ccc(C)c([N+](=O)[O-])c2)cc1. The minimum absolute atomic E-state index is 0.0647. The van der Waals surface area contributed by atoms with Gasteiger partial charge in [0, 0.05) is 46.2 Å². The van der Waals surface area contributed by atoms with Crippen LogP contribution in [0.4, 0.5) is 11.4 Å². The van der Waals surface area contributed by atoms with Crippen molar-refractivity contribution in [3.63, 3.8) is 0 Å². The summed E-state index contributed by atoms with van der Waals surface area (Å²) in [5, 5.41) is 15.4. The van der Waals surface area contributed by atoms with E-state index in [4.69, 9.17) is 27.9 Å². The first kappa shape index (κ1) is 37.6. The summed E-state index contributed by atoms with van der Waals surface area (Å²) in [7, 11) is -3.14. The van der Waals surface area contributed by atoms with Crippen LogP contribution in [-0.2, 0) is 32.6 Å². The zero-order valence-electron chi connectivity index (χ0n) is 28.1. The summed E-state index contributed by atoms with van der Waals surface area (Å²) in [5.41, 5.74) is 1.13. The van der Waals surface area contributed by atoms with Crippen LogP contribution in [0.25, 0.3) is 0 Å². The monoisotopic (exact) mass is 752 g/mol. The van der Waals surface area contributed by atoms with Crippen LogP contribution in [0, 0.1) is 17.0 Å². The van der Waals surface area contributed by atoms with Gasteiger partial charge in [0.2, 0.25) is 11.8 Å². The normalized spacial score (nSPS) is 13.7. The van der Waals surface area contributed by atoms with E-state index >= 15 is 0 Å². The lowest BCUT2D eigenvalue weighted by atomic mass is 10.0. The summed E-state index contributed by atoms with van der Waals surface area (Å²) in [6.45, 7) is 0.528. The van der Waals surface area contributed by atoms with E-state index in [-0.39, 0.29) is 45.2 Å². The lowest BCUT2D eigenvalue weighted by molar-refractivity contribution is -0.385. The number of carbonyl (C=O) groups excluding carboxylic acids is 2. The van der Waals surface area contributed by atoms with Crippen molar-refractivity contribution in [1.82, 2.24) is 10.2 Å². The zero-order chi connectivity index (χ0) is 36.7. The van der Waals surface area contributed by atoms with Gasteiger partial charge < -0.3 is 15.0 Å². The number of ether oxygens (including phenoxy) is 1. The number of carbonyl (C=O) groups is 2. The molecule has 1 N–H and O–H groups in total. The molecule has 0 bridgehead atoms. The van der Waals surface area contributed by atoms with E-state index in [9.17, 15) is 28.1 Å². The maximum Gasteiger partial charge on any atom is 0.273 e. The highest BCUT2D eigenvalue weighted by Crippen LogP contribution is 2.31. The third-order valence-corrected chi connectivity index (χ3v) is 11.4. The predicted octanol–water partition coefficient (Wildman–Crippen LogP) is 7.11. The Labute approximate surface area is 307 Å². The van der Waals surface area contributed by atoms with Gasteiger partial charge >= 0.3 is 0 Å². The first-order valence-corrected chi connectivity index (χ1v) is 18.6. The number of halogens is 2. The fourth-order valence-electron chi connectivity index (χ4n) is 6.13. The number of amides is 2. The molecule has 11 nitrogen and oxygen atoms in total. The third kappa shape index (κ3) is 8.99. The van der Waals surface area contributed by atoms with Crippen molar-refractivity contribution in [2.24, 2.45) is 0 Å². The summed E-state index contributed by atoms with van der Waals surface area (Å²) in [6.07, 6.45) is 3.67. The smallest absolute Gasteiger partial charge is 0.273 e. The molecule has 0 saturated heterocycles. The van der Waals surface area contributed by atoms with Crippen LogP contribution >= 0.6 is 23.2 Å². The van der Waals surface area contributed by atoms with Crippen molar-refractivity contribution in [2.75, 3.05) is 18.0 Å². The molecule has 0 aliphatic heterocycles. The van der Waals surface area contributed by atoms with E-state index in [0.717, 1.165) is 41.6 Å². The Bertz CT molecular complexity index is 1970. The lowest BCUT2D eigenvalue weighted by Gasteiger charge is -2.34. The minimum Gasteiger partial charge on any atom is -0.497 e. The highest BCUT2D eigenvalue weighted by atomic mass is 35.5. The number of nitrogens with zero attached hydrogens (tertiary/aromatic N) is 3. The Morgan fingerprint density at radius 1 is 0.961 bits per heavy atom. The summed E-state index contributed by atoms with van der Waals surface area (Å²) in [4.78, 5) is 41.0. The number of hydrogen-bond donors (Lipinski definition) is 1. The molecule has 1 fully saturated rings. The molecule has 0 radical (unpaired) electrons. The molecular formula is C37H38Cl2N4O7S. The Morgan fingerprint density at radius 3 is 2.22 bits per heavy atom. The predicted molar refractivity (Wildman–Crippen MR) is 197 cm³/mol. The number of rotatable bonds is 14. The lowest BCUT2D eigenvalue weighted by Crippen LogP contribution is -2.54. The standard InChI is InChI=1S/C37H38Cl2N4O7S/c1-25-15-20-30(22-34(25)43(46)47)51(48,49)42(28-16-18-29(50-2)19-17-28)24-36(44)41(23-31-32(38)13-8-14-33(31)39)35(21-26-9-4-3-5-10-26)37(45)40-27-11-6-7-12-27/h3-5,8-10,13-20,22,27,35H,6-7,11-12,21,23-24H2,1-2H3,(H,40,45)/t35-/m0/s1. The molecule has 0 heterocycles. The maximum absolute atomic E-state index is 14.8. The Balaban J connectivity index is 1.62. The van der Waals surface area contributed by atoms with E-state index in [1.54, 1.807) is 18.2 Å². The summed E-state index contributed by atoms with van der Waals surface area (Å²) in [5.74, 6) is -0.681. The molecule has 0 unspecified atom stereocenters. The first-order valence-electron chi connectivity index (χ1n) is 16.4. The molecule has 4 aromatic carbocycles. The van der Waals surface area contributed by atoms with E-state index in [0.29, 0.717) is 11.3 Å². The second-order valence-electron chi connectivity index (χ2n) is 12.3. The number of sulfonamides is 1. The van der Waals surface area contributed by atoms with Gasteiger partial charge in [0.15, 0.2) is 0 Å². The number of benzene rings is 4. The van der Waals surface area contributed by atoms with Gasteiger partial charge in [-0.25, -0.2) is 8.42 Å². The molecule has 4 aromatic rings. The molecule has 5 rings (SSSR count). The van der Waals surface area contributed by atoms with Gasteiger partial charge in [-0.15, -0.1) is 0 Å². The van der Waals surface area contributed by atoms with Crippen LogP contribution in [0.1, 0.15) is 42.4 Å². The molecular weight excluding hydrogens is 715 g/mol. The average molecular weight is 754 g/mol. The van der Waals surface area contributed by atoms with Gasteiger partial charge in [-0.1, -0.05) is 78.5 Å². The Hall–Kier alpha value is -4.65. The molecule has 1 aliphatic rings. The Kier molecular flexibility index (Phi) is 12.2. The van der Waals surface area contributed by atoms with Crippen LogP contribution in [-0.4, -0.2) is 55.8 Å². The molecule has 51 heavy (non-hydrogen) atoms. The van der Waals surface area contributed by atoms with Crippen LogP contribution in [0.3, 0.4) is 0 Å². The fourth-order valence-corrected chi connectivity index (χ4v) is 8.08. The molecule has 14 heteroatoms. The average Bonchev–Trinajstić information content (AvgIpc) is 3.63. The van der Waals surface area contributed by atoms with E-state index in [1.165, 1.54) is 55.3 Å². The molecule has 1 aliphatic carbocycles. The van der Waals surface area contributed by atoms with Crippen molar-refractivity contribution in [3.05, 3.63) is 128 Å². The molecule has 1 atom stereocenters. The second kappa shape index (κ2) is 16.6. The third-order valence-electron chi connectivity index (χ3n) is 8.97. The van der Waals surface area contributed by atoms with Crippen LogP contribution in [0.5, 0.6) is 5.75 Å². The highest BCUT2D eigenvalue weighted by Gasteiger charge is 2.36. The number of nitrogens with one attached hydrogen (secondary N) is 1. The summed E-state index contributed by atoms with van der Waals surface area (Å²) in [6, 6.07) is 22.5. The Morgan fingerprint density at radius 2 is 1.61 bits per heavy atom. The van der Waals surface area contributed by atoms with Crippen molar-refractivity contribution >= 4 is 56.4 Å². The topological polar surface area (TPSA) is 139 Å².